The number of hydrogen-bond donors (Lipinski definition) is 1. The second-order valence-corrected chi connectivity index (χ2v) is 6.94. The zero-order chi connectivity index (χ0) is 15.9. The van der Waals surface area contributed by atoms with Gasteiger partial charge in [-0.3, -0.25) is 0 Å². The minimum Gasteiger partial charge on any atom is -0.493 e. The van der Waals surface area contributed by atoms with Gasteiger partial charge in [-0.1, -0.05) is 6.92 Å². The first-order valence-corrected chi connectivity index (χ1v) is 8.57. The van der Waals surface area contributed by atoms with Crippen LogP contribution >= 0.6 is 0 Å². The van der Waals surface area contributed by atoms with E-state index in [1.807, 2.05) is 0 Å². The fraction of sp³-hybridized carbons (Fsp3) is 0.571. The van der Waals surface area contributed by atoms with E-state index < -0.39 is 9.84 Å². The van der Waals surface area contributed by atoms with Gasteiger partial charge in [-0.2, -0.15) is 0 Å². The highest BCUT2D eigenvalue weighted by Gasteiger charge is 2.14. The Hall–Kier alpha value is -1.47. The van der Waals surface area contributed by atoms with E-state index in [1.54, 1.807) is 19.1 Å². The molecular formula is C14H23NO5S. The third-order valence-electron chi connectivity index (χ3n) is 3.04. The van der Waals surface area contributed by atoms with Gasteiger partial charge in [-0.05, 0) is 24.1 Å². The average molecular weight is 317 g/mol. The lowest BCUT2D eigenvalue weighted by molar-refractivity contribution is 0.275. The maximum absolute atomic E-state index is 11.4. The van der Waals surface area contributed by atoms with E-state index >= 15 is 0 Å². The number of ether oxygens (including phenoxy) is 3. The van der Waals surface area contributed by atoms with Gasteiger partial charge < -0.3 is 19.9 Å². The third kappa shape index (κ3) is 5.09. The first-order chi connectivity index (χ1) is 9.97. The Morgan fingerprint density at radius 2 is 1.71 bits per heavy atom. The summed E-state index contributed by atoms with van der Waals surface area (Å²) in [5.74, 6) is 1.76. The van der Waals surface area contributed by atoms with Gasteiger partial charge in [0.25, 0.3) is 0 Å². The van der Waals surface area contributed by atoms with Crippen molar-refractivity contribution in [1.82, 2.24) is 0 Å². The highest BCUT2D eigenvalue weighted by Crippen LogP contribution is 2.38. The SMILES string of the molecule is CCS(=O)(=O)CCCOc1c(OC)cc(CN)cc1OC. The predicted molar refractivity (Wildman–Crippen MR) is 81.9 cm³/mol. The Balaban J connectivity index is 2.78. The molecule has 6 nitrogen and oxygen atoms in total. The average Bonchev–Trinajstić information content (AvgIpc) is 2.50. The van der Waals surface area contributed by atoms with Crippen LogP contribution in [0.5, 0.6) is 17.2 Å². The van der Waals surface area contributed by atoms with Gasteiger partial charge in [0.1, 0.15) is 9.84 Å². The monoisotopic (exact) mass is 317 g/mol. The van der Waals surface area contributed by atoms with Crippen LogP contribution in [0.1, 0.15) is 18.9 Å². The van der Waals surface area contributed by atoms with Crippen molar-refractivity contribution in [3.05, 3.63) is 17.7 Å². The molecular weight excluding hydrogens is 294 g/mol. The third-order valence-corrected chi connectivity index (χ3v) is 4.83. The number of hydrogen-bond acceptors (Lipinski definition) is 6. The smallest absolute Gasteiger partial charge is 0.203 e. The van der Waals surface area contributed by atoms with Gasteiger partial charge in [-0.15, -0.1) is 0 Å². The van der Waals surface area contributed by atoms with Crippen LogP contribution in [-0.4, -0.2) is 40.7 Å². The summed E-state index contributed by atoms with van der Waals surface area (Å²) < 4.78 is 39.0. The Labute approximate surface area is 126 Å². The molecule has 7 heteroatoms. The van der Waals surface area contributed by atoms with Crippen molar-refractivity contribution in [1.29, 1.82) is 0 Å². The molecule has 0 aliphatic carbocycles. The Morgan fingerprint density at radius 1 is 1.14 bits per heavy atom. The quantitative estimate of drug-likeness (QED) is 0.692. The van der Waals surface area contributed by atoms with Gasteiger partial charge in [0, 0.05) is 12.3 Å². The fourth-order valence-electron chi connectivity index (χ4n) is 1.79. The van der Waals surface area contributed by atoms with E-state index in [2.05, 4.69) is 0 Å². The minimum absolute atomic E-state index is 0.106. The molecule has 0 saturated carbocycles. The zero-order valence-electron chi connectivity index (χ0n) is 12.7. The topological polar surface area (TPSA) is 87.9 Å². The number of benzene rings is 1. The molecule has 0 fully saturated rings. The highest BCUT2D eigenvalue weighted by atomic mass is 32.2. The molecule has 21 heavy (non-hydrogen) atoms. The molecule has 0 unspecified atom stereocenters. The maximum atomic E-state index is 11.4. The number of sulfone groups is 1. The van der Waals surface area contributed by atoms with Crippen LogP contribution in [0.15, 0.2) is 12.1 Å². The van der Waals surface area contributed by atoms with Crippen molar-refractivity contribution in [2.75, 3.05) is 32.3 Å². The fourth-order valence-corrected chi connectivity index (χ4v) is 2.64. The van der Waals surface area contributed by atoms with Crippen molar-refractivity contribution >= 4 is 9.84 Å². The molecule has 0 amide bonds. The number of nitrogens with two attached hydrogens (primary N) is 1. The van der Waals surface area contributed by atoms with Gasteiger partial charge >= 0.3 is 0 Å². The van der Waals surface area contributed by atoms with Crippen molar-refractivity contribution < 1.29 is 22.6 Å². The summed E-state index contributed by atoms with van der Waals surface area (Å²) in [7, 11) is 0.0874. The standard InChI is InChI=1S/C14H23NO5S/c1-4-21(16,17)7-5-6-20-14-12(18-2)8-11(10-15)9-13(14)19-3/h8-9H,4-7,10,15H2,1-3H3. The molecule has 0 aliphatic heterocycles. The van der Waals surface area contributed by atoms with E-state index in [1.165, 1.54) is 14.2 Å². The summed E-state index contributed by atoms with van der Waals surface area (Å²) in [5, 5.41) is 0. The molecule has 0 saturated heterocycles. The van der Waals surface area contributed by atoms with Crippen LogP contribution in [0.2, 0.25) is 0 Å². The number of rotatable bonds is 9. The minimum atomic E-state index is -2.97. The van der Waals surface area contributed by atoms with Gasteiger partial charge in [-0.25, -0.2) is 8.42 Å². The highest BCUT2D eigenvalue weighted by molar-refractivity contribution is 7.91. The van der Waals surface area contributed by atoms with Crippen LogP contribution in [0.4, 0.5) is 0 Å². The molecule has 1 rings (SSSR count). The van der Waals surface area contributed by atoms with Crippen LogP contribution in [0.25, 0.3) is 0 Å². The van der Waals surface area contributed by atoms with Crippen LogP contribution < -0.4 is 19.9 Å². The largest absolute Gasteiger partial charge is 0.493 e. The zero-order valence-corrected chi connectivity index (χ0v) is 13.5. The summed E-state index contributed by atoms with van der Waals surface area (Å²) >= 11 is 0. The molecule has 1 aromatic rings. The van der Waals surface area contributed by atoms with E-state index in [4.69, 9.17) is 19.9 Å². The summed E-state index contributed by atoms with van der Waals surface area (Å²) in [5.41, 5.74) is 6.48. The van der Waals surface area contributed by atoms with E-state index in [9.17, 15) is 8.42 Å². The lowest BCUT2D eigenvalue weighted by Crippen LogP contribution is -2.12. The first-order valence-electron chi connectivity index (χ1n) is 6.75. The van der Waals surface area contributed by atoms with Crippen LogP contribution in [0, 0.1) is 0 Å². The van der Waals surface area contributed by atoms with Gasteiger partial charge in [0.2, 0.25) is 5.75 Å². The first kappa shape index (κ1) is 17.6. The van der Waals surface area contributed by atoms with E-state index in [0.29, 0.717) is 30.2 Å². The summed E-state index contributed by atoms with van der Waals surface area (Å²) in [6.45, 7) is 2.27. The number of methoxy groups -OCH3 is 2. The Bertz CT molecular complexity index is 531. The summed E-state index contributed by atoms with van der Waals surface area (Å²) in [6.07, 6.45) is 0.418. The maximum Gasteiger partial charge on any atom is 0.203 e. The van der Waals surface area contributed by atoms with Crippen molar-refractivity contribution in [2.45, 2.75) is 19.9 Å². The molecule has 0 aromatic heterocycles. The normalized spacial score (nSPS) is 11.2. The van der Waals surface area contributed by atoms with Crippen LogP contribution in [0.3, 0.4) is 0 Å². The van der Waals surface area contributed by atoms with E-state index in [-0.39, 0.29) is 18.1 Å². The van der Waals surface area contributed by atoms with E-state index in [0.717, 1.165) is 5.56 Å². The summed E-state index contributed by atoms with van der Waals surface area (Å²) in [6, 6.07) is 3.56. The molecule has 0 bridgehead atoms. The Kier molecular flexibility index (Phi) is 6.77. The summed E-state index contributed by atoms with van der Waals surface area (Å²) in [4.78, 5) is 0. The second-order valence-electron chi connectivity index (χ2n) is 4.47. The molecule has 0 atom stereocenters. The molecule has 2 N–H and O–H groups in total. The second kappa shape index (κ2) is 8.09. The molecule has 0 radical (unpaired) electrons. The van der Waals surface area contributed by atoms with Crippen LogP contribution in [-0.2, 0) is 16.4 Å². The lowest BCUT2D eigenvalue weighted by Gasteiger charge is -2.15. The van der Waals surface area contributed by atoms with Crippen molar-refractivity contribution in [2.24, 2.45) is 5.73 Å². The predicted octanol–water partition coefficient (Wildman–Crippen LogP) is 1.37. The molecule has 1 aromatic carbocycles. The molecule has 0 aliphatic rings. The van der Waals surface area contributed by atoms with Gasteiger partial charge in [0.15, 0.2) is 11.5 Å². The lowest BCUT2D eigenvalue weighted by atomic mass is 10.2. The van der Waals surface area contributed by atoms with Gasteiger partial charge in [0.05, 0.1) is 26.6 Å². The molecule has 120 valence electrons. The Morgan fingerprint density at radius 3 is 2.14 bits per heavy atom. The molecule has 0 heterocycles. The van der Waals surface area contributed by atoms with Crippen molar-refractivity contribution in [3.63, 3.8) is 0 Å². The molecule has 0 spiro atoms. The van der Waals surface area contributed by atoms with Crippen molar-refractivity contribution in [3.8, 4) is 17.2 Å².